The summed E-state index contributed by atoms with van der Waals surface area (Å²) in [7, 11) is 1.27. The van der Waals surface area contributed by atoms with Gasteiger partial charge in [0, 0.05) is 29.8 Å². The van der Waals surface area contributed by atoms with Crippen molar-refractivity contribution >= 4 is 28.9 Å². The number of hydrogen-bond donors (Lipinski definition) is 3. The number of alkyl carbamates (subject to hydrolysis) is 1. The monoisotopic (exact) mass is 746 g/mol. The number of carbonyl (C=O) groups excluding carboxylic acids is 3. The Balaban J connectivity index is 0.936. The summed E-state index contributed by atoms with van der Waals surface area (Å²) in [6.07, 6.45) is 2.64. The Kier molecular flexibility index (Phi) is 10.3. The van der Waals surface area contributed by atoms with Gasteiger partial charge in [-0.1, -0.05) is 72.5 Å². The van der Waals surface area contributed by atoms with Crippen LogP contribution >= 0.6 is 0 Å². The maximum Gasteiger partial charge on any atom is 0.407 e. The van der Waals surface area contributed by atoms with Crippen LogP contribution in [0.15, 0.2) is 103 Å². The van der Waals surface area contributed by atoms with E-state index in [9.17, 15) is 14.4 Å². The van der Waals surface area contributed by atoms with Gasteiger partial charge in [0.15, 0.2) is 5.82 Å². The van der Waals surface area contributed by atoms with Crippen LogP contribution in [0.5, 0.6) is 0 Å². The quantitative estimate of drug-likeness (QED) is 0.142. The number of nitrogens with zero attached hydrogens (tertiary/aromatic N) is 5. The molecule has 3 N–H and O–H groups in total. The Morgan fingerprint density at radius 3 is 2.09 bits per heavy atom. The van der Waals surface area contributed by atoms with Gasteiger partial charge in [0.1, 0.15) is 17.7 Å². The zero-order valence-electron chi connectivity index (χ0n) is 31.2. The SMILES string of the molecule is COC(=O)N[C@@H](C(=O)N1CCC[C@H]1c1nc(-c2ccc(C#Cc3ccc4[nH]c([C@@H]5CCCN5C(=O)[C@H](C)c5ccccc5)nc4c3)cc2)n[nH]1)c1ccccc1. The molecule has 0 unspecified atom stereocenters. The van der Waals surface area contributed by atoms with Crippen molar-refractivity contribution in [3.63, 3.8) is 0 Å². The minimum Gasteiger partial charge on any atom is -0.453 e. The van der Waals surface area contributed by atoms with Crippen molar-refractivity contribution in [1.82, 2.24) is 40.3 Å². The number of benzene rings is 4. The molecule has 2 aromatic heterocycles. The molecular formula is C44H42N8O4. The van der Waals surface area contributed by atoms with E-state index in [0.717, 1.165) is 64.9 Å². The number of ether oxygens (including phenoxy) is 1. The van der Waals surface area contributed by atoms with E-state index in [1.807, 2.05) is 103 Å². The molecule has 2 fully saturated rings. The molecule has 4 aromatic carbocycles. The van der Waals surface area contributed by atoms with Crippen molar-refractivity contribution in [1.29, 1.82) is 0 Å². The average Bonchev–Trinajstić information content (AvgIpc) is 4.08. The summed E-state index contributed by atoms with van der Waals surface area (Å²) in [4.78, 5) is 56.4. The Morgan fingerprint density at radius 1 is 0.768 bits per heavy atom. The third-order valence-corrected chi connectivity index (χ3v) is 10.7. The van der Waals surface area contributed by atoms with Crippen LogP contribution in [0.1, 0.15) is 90.6 Å². The summed E-state index contributed by atoms with van der Waals surface area (Å²) in [5, 5.41) is 10.2. The van der Waals surface area contributed by atoms with Crippen LogP contribution in [-0.2, 0) is 14.3 Å². The largest absolute Gasteiger partial charge is 0.453 e. The summed E-state index contributed by atoms with van der Waals surface area (Å²) in [5.74, 6) is 8.10. The van der Waals surface area contributed by atoms with E-state index in [0.29, 0.717) is 30.2 Å². The summed E-state index contributed by atoms with van der Waals surface area (Å²) < 4.78 is 4.81. The number of nitrogens with one attached hydrogen (secondary N) is 3. The van der Waals surface area contributed by atoms with Gasteiger partial charge in [-0.05, 0) is 86.2 Å². The topological polar surface area (TPSA) is 149 Å². The smallest absolute Gasteiger partial charge is 0.407 e. The number of rotatable bonds is 8. The van der Waals surface area contributed by atoms with Gasteiger partial charge < -0.3 is 24.8 Å². The average molecular weight is 747 g/mol. The fourth-order valence-corrected chi connectivity index (χ4v) is 7.70. The number of aromatic nitrogens is 5. The van der Waals surface area contributed by atoms with E-state index in [1.165, 1.54) is 7.11 Å². The molecule has 6 aromatic rings. The Morgan fingerprint density at radius 2 is 1.39 bits per heavy atom. The number of aromatic amines is 2. The summed E-state index contributed by atoms with van der Waals surface area (Å²) in [6.45, 7) is 3.22. The zero-order valence-corrected chi connectivity index (χ0v) is 31.2. The van der Waals surface area contributed by atoms with Crippen molar-refractivity contribution in [3.8, 4) is 23.2 Å². The fourth-order valence-electron chi connectivity index (χ4n) is 7.70. The number of likely N-dealkylation sites (tertiary alicyclic amines) is 2. The van der Waals surface area contributed by atoms with E-state index < -0.39 is 12.1 Å². The summed E-state index contributed by atoms with van der Waals surface area (Å²) in [6, 6.07) is 31.4. The van der Waals surface area contributed by atoms with Crippen molar-refractivity contribution in [3.05, 3.63) is 137 Å². The Hall–Kier alpha value is -6.74. The molecule has 8 rings (SSSR count). The van der Waals surface area contributed by atoms with Gasteiger partial charge in [-0.15, -0.1) is 0 Å². The molecule has 2 aliphatic rings. The van der Waals surface area contributed by atoms with Gasteiger partial charge in [-0.25, -0.2) is 14.8 Å². The number of imidazole rings is 1. The Labute approximate surface area is 324 Å². The van der Waals surface area contributed by atoms with Crippen molar-refractivity contribution < 1.29 is 19.1 Å². The van der Waals surface area contributed by atoms with Crippen molar-refractivity contribution in [2.75, 3.05) is 20.2 Å². The predicted octanol–water partition coefficient (Wildman–Crippen LogP) is 6.98. The van der Waals surface area contributed by atoms with Crippen molar-refractivity contribution in [2.24, 2.45) is 0 Å². The Bertz CT molecular complexity index is 2420. The lowest BCUT2D eigenvalue weighted by Gasteiger charge is -2.28. The first-order valence-electron chi connectivity index (χ1n) is 19.0. The van der Waals surface area contributed by atoms with E-state index in [-0.39, 0.29) is 29.8 Å². The normalized spacial score (nSPS) is 17.6. The molecule has 2 aliphatic heterocycles. The third-order valence-electron chi connectivity index (χ3n) is 10.7. The van der Waals surface area contributed by atoms with Crippen molar-refractivity contribution in [2.45, 2.75) is 56.7 Å². The van der Waals surface area contributed by atoms with E-state index in [4.69, 9.17) is 14.7 Å². The van der Waals surface area contributed by atoms with Crippen LogP contribution in [0.25, 0.3) is 22.4 Å². The summed E-state index contributed by atoms with van der Waals surface area (Å²) >= 11 is 0. The predicted molar refractivity (Wildman–Crippen MR) is 211 cm³/mol. The maximum atomic E-state index is 13.8. The van der Waals surface area contributed by atoms with E-state index in [2.05, 4.69) is 32.3 Å². The van der Waals surface area contributed by atoms with Gasteiger partial charge in [0.25, 0.3) is 5.91 Å². The first kappa shape index (κ1) is 36.2. The second-order valence-corrected chi connectivity index (χ2v) is 14.2. The van der Waals surface area contributed by atoms with E-state index in [1.54, 1.807) is 17.0 Å². The molecule has 4 heterocycles. The van der Waals surface area contributed by atoms with Crippen LogP contribution in [0.4, 0.5) is 4.79 Å². The molecule has 282 valence electrons. The molecule has 12 heteroatoms. The lowest BCUT2D eigenvalue weighted by Crippen LogP contribution is -2.42. The van der Waals surface area contributed by atoms with Gasteiger partial charge >= 0.3 is 6.09 Å². The van der Waals surface area contributed by atoms with Crippen LogP contribution in [0.3, 0.4) is 0 Å². The lowest BCUT2D eigenvalue weighted by molar-refractivity contribution is -0.135. The molecule has 0 aliphatic carbocycles. The van der Waals surface area contributed by atoms with Gasteiger partial charge in [0.05, 0.1) is 36.1 Å². The van der Waals surface area contributed by atoms with Gasteiger partial charge in [-0.3, -0.25) is 14.7 Å². The molecule has 56 heavy (non-hydrogen) atoms. The van der Waals surface area contributed by atoms with Crippen LogP contribution in [-0.4, -0.2) is 73.1 Å². The molecule has 12 nitrogen and oxygen atoms in total. The second-order valence-electron chi connectivity index (χ2n) is 14.2. The van der Waals surface area contributed by atoms with Crippen LogP contribution in [0.2, 0.25) is 0 Å². The molecule has 0 spiro atoms. The van der Waals surface area contributed by atoms with E-state index >= 15 is 0 Å². The molecule has 2 saturated heterocycles. The third kappa shape index (κ3) is 7.48. The minimum absolute atomic E-state index is 0.0869. The molecule has 4 atom stereocenters. The first-order chi connectivity index (χ1) is 27.4. The highest BCUT2D eigenvalue weighted by Gasteiger charge is 2.38. The highest BCUT2D eigenvalue weighted by molar-refractivity contribution is 5.87. The number of methoxy groups -OCH3 is 1. The van der Waals surface area contributed by atoms with Gasteiger partial charge in [0.2, 0.25) is 5.91 Å². The first-order valence-corrected chi connectivity index (χ1v) is 19.0. The molecular weight excluding hydrogens is 705 g/mol. The standard InChI is InChI=1S/C44H42N8O4/c1-28(31-11-5-3-6-12-31)42(53)51-25-9-15-36(51)40-45-34-24-21-30(27-35(34)46-40)18-17-29-19-22-33(23-20-29)39-48-41(50-49-39)37-16-10-26-52(37)43(54)38(47-44(55)56-2)32-13-7-4-8-14-32/h3-8,11-14,19-24,27-28,36-38H,9-10,15-16,25-26H2,1-2H3,(H,45,46)(H,47,55)(H,48,49,50)/t28-,36+,37+,38-/m1/s1. The number of hydrogen-bond acceptors (Lipinski definition) is 7. The highest BCUT2D eigenvalue weighted by Crippen LogP contribution is 2.35. The second kappa shape index (κ2) is 15.9. The highest BCUT2D eigenvalue weighted by atomic mass is 16.5. The number of H-pyrrole nitrogens is 2. The molecule has 0 radical (unpaired) electrons. The van der Waals surface area contributed by atoms with Crippen LogP contribution in [0, 0.1) is 11.8 Å². The van der Waals surface area contributed by atoms with Crippen LogP contribution < -0.4 is 5.32 Å². The zero-order chi connectivity index (χ0) is 38.6. The van der Waals surface area contributed by atoms with Gasteiger partial charge in [-0.2, -0.15) is 5.10 Å². The lowest BCUT2D eigenvalue weighted by atomic mass is 9.99. The summed E-state index contributed by atoms with van der Waals surface area (Å²) in [5.41, 5.74) is 5.89. The molecule has 0 bridgehead atoms. The maximum absolute atomic E-state index is 13.8. The molecule has 3 amide bonds. The number of carbonyl (C=O) groups is 3. The number of amides is 3. The minimum atomic E-state index is -0.895. The number of fused-ring (bicyclic) bond motifs is 1. The fraction of sp³-hybridized carbons (Fsp3) is 0.273. The molecule has 0 saturated carbocycles.